The van der Waals surface area contributed by atoms with Gasteiger partial charge in [-0.2, -0.15) is 0 Å². The van der Waals surface area contributed by atoms with Crippen LogP contribution >= 0.6 is 0 Å². The van der Waals surface area contributed by atoms with Crippen LogP contribution in [-0.2, 0) is 20.0 Å². The third kappa shape index (κ3) is 3.45. The van der Waals surface area contributed by atoms with E-state index in [0.29, 0.717) is 18.7 Å². The van der Waals surface area contributed by atoms with Gasteiger partial charge in [-0.05, 0) is 36.2 Å². The Bertz CT molecular complexity index is 560. The van der Waals surface area contributed by atoms with Crippen LogP contribution in [0.2, 0.25) is 0 Å². The Balaban J connectivity index is 2.03. The number of amides is 1. The lowest BCUT2D eigenvalue weighted by atomic mass is 10.0. The third-order valence-electron chi connectivity index (χ3n) is 3.02. The Hall–Kier alpha value is -2.07. The summed E-state index contributed by atoms with van der Waals surface area (Å²) < 4.78 is 1.96. The van der Waals surface area contributed by atoms with E-state index >= 15 is 0 Å². The highest BCUT2D eigenvalue weighted by atomic mass is 16.1. The fourth-order valence-corrected chi connectivity index (χ4v) is 2.06. The van der Waals surface area contributed by atoms with Gasteiger partial charge >= 0.3 is 0 Å². The third-order valence-corrected chi connectivity index (χ3v) is 3.02. The normalized spacial score (nSPS) is 10.4. The highest BCUT2D eigenvalue weighted by molar-refractivity contribution is 5.95. The van der Waals surface area contributed by atoms with E-state index in [1.54, 1.807) is 0 Å². The number of nitrogens with one attached hydrogen (secondary N) is 1. The molecular weight excluding hydrogens is 238 g/mol. The van der Waals surface area contributed by atoms with Crippen molar-refractivity contribution >= 4 is 5.91 Å². The molecule has 0 spiro atoms. The smallest absolute Gasteiger partial charge is 0.251 e. The molecule has 0 aliphatic rings. The van der Waals surface area contributed by atoms with Gasteiger partial charge in [-0.15, -0.1) is 0 Å². The van der Waals surface area contributed by atoms with Crippen LogP contribution in [-0.4, -0.2) is 17.0 Å². The number of hydrogen-bond donors (Lipinski definition) is 2. The lowest BCUT2D eigenvalue weighted by Crippen LogP contribution is -2.24. The lowest BCUT2D eigenvalue weighted by molar-refractivity contribution is 0.0950. The number of nitrogens with two attached hydrogens (primary N) is 1. The number of carbonyl (C=O) groups excluding carboxylic acids is 1. The van der Waals surface area contributed by atoms with Crippen molar-refractivity contribution in [3.05, 3.63) is 59.4 Å². The van der Waals surface area contributed by atoms with Gasteiger partial charge in [0.2, 0.25) is 0 Å². The number of aryl methyl sites for hydroxylation is 1. The second kappa shape index (κ2) is 6.20. The molecular formula is C15H19N3O. The molecule has 0 atom stereocenters. The number of nitrogens with zero attached hydrogens (tertiary/aromatic N) is 1. The number of aromatic nitrogens is 1. The molecule has 0 aliphatic heterocycles. The average Bonchev–Trinajstić information content (AvgIpc) is 2.83. The molecule has 0 radical (unpaired) electrons. The molecule has 1 aromatic carbocycles. The number of hydrogen-bond acceptors (Lipinski definition) is 2. The van der Waals surface area contributed by atoms with E-state index in [0.717, 1.165) is 17.5 Å². The summed E-state index contributed by atoms with van der Waals surface area (Å²) in [4.78, 5) is 12.2. The molecule has 2 aromatic rings. The van der Waals surface area contributed by atoms with Gasteiger partial charge in [0, 0.05) is 31.5 Å². The monoisotopic (exact) mass is 257 g/mol. The molecule has 1 heterocycles. The van der Waals surface area contributed by atoms with Crippen molar-refractivity contribution in [2.45, 2.75) is 13.0 Å². The Morgan fingerprint density at radius 1 is 1.32 bits per heavy atom. The van der Waals surface area contributed by atoms with Crippen molar-refractivity contribution in [3.63, 3.8) is 0 Å². The molecule has 0 bridgehead atoms. The lowest BCUT2D eigenvalue weighted by Gasteiger charge is -2.08. The van der Waals surface area contributed by atoms with Crippen LogP contribution in [0.3, 0.4) is 0 Å². The standard InChI is InChI=1S/C15H19N3O/c1-18-9-7-12(11-18)10-17-15(19)14-5-3-2-4-13(14)6-8-16/h2-5,7,9,11H,6,8,10,16H2,1H3,(H,17,19). The van der Waals surface area contributed by atoms with E-state index in [1.807, 2.05) is 54.3 Å². The fraction of sp³-hybridized carbons (Fsp3) is 0.267. The first-order chi connectivity index (χ1) is 9.20. The van der Waals surface area contributed by atoms with E-state index < -0.39 is 0 Å². The molecule has 4 heteroatoms. The molecule has 0 unspecified atom stereocenters. The largest absolute Gasteiger partial charge is 0.357 e. The quantitative estimate of drug-likeness (QED) is 0.852. The molecule has 4 nitrogen and oxygen atoms in total. The maximum absolute atomic E-state index is 12.2. The number of benzene rings is 1. The topological polar surface area (TPSA) is 60.0 Å². The predicted octanol–water partition coefficient (Wildman–Crippen LogP) is 1.46. The van der Waals surface area contributed by atoms with Crippen LogP contribution in [0, 0.1) is 0 Å². The van der Waals surface area contributed by atoms with Gasteiger partial charge in [-0.1, -0.05) is 18.2 Å². The van der Waals surface area contributed by atoms with Crippen molar-refractivity contribution in [2.24, 2.45) is 12.8 Å². The van der Waals surface area contributed by atoms with E-state index in [4.69, 9.17) is 5.73 Å². The minimum Gasteiger partial charge on any atom is -0.357 e. The molecule has 2 rings (SSSR count). The SMILES string of the molecule is Cn1ccc(CNC(=O)c2ccccc2CCN)c1. The van der Waals surface area contributed by atoms with Crippen LogP contribution in [0.4, 0.5) is 0 Å². The van der Waals surface area contributed by atoms with Crippen LogP contribution < -0.4 is 11.1 Å². The van der Waals surface area contributed by atoms with Crippen molar-refractivity contribution in [2.75, 3.05) is 6.54 Å². The molecule has 0 saturated heterocycles. The summed E-state index contributed by atoms with van der Waals surface area (Å²) in [6, 6.07) is 9.58. The van der Waals surface area contributed by atoms with Crippen LogP contribution in [0.15, 0.2) is 42.7 Å². The summed E-state index contributed by atoms with van der Waals surface area (Å²) in [5.74, 6) is -0.0482. The van der Waals surface area contributed by atoms with Crippen LogP contribution in [0.1, 0.15) is 21.5 Å². The summed E-state index contributed by atoms with van der Waals surface area (Å²) in [5, 5.41) is 2.93. The van der Waals surface area contributed by atoms with Crippen molar-refractivity contribution in [3.8, 4) is 0 Å². The maximum Gasteiger partial charge on any atom is 0.251 e. The van der Waals surface area contributed by atoms with E-state index in [9.17, 15) is 4.79 Å². The van der Waals surface area contributed by atoms with E-state index in [-0.39, 0.29) is 5.91 Å². The number of carbonyl (C=O) groups is 1. The Kier molecular flexibility index (Phi) is 4.36. The molecule has 3 N–H and O–H groups in total. The first kappa shape index (κ1) is 13.4. The molecule has 1 amide bonds. The zero-order valence-corrected chi connectivity index (χ0v) is 11.1. The van der Waals surface area contributed by atoms with Crippen molar-refractivity contribution in [1.29, 1.82) is 0 Å². The first-order valence-corrected chi connectivity index (χ1v) is 6.37. The fourth-order valence-electron chi connectivity index (χ4n) is 2.06. The summed E-state index contributed by atoms with van der Waals surface area (Å²) >= 11 is 0. The molecule has 0 saturated carbocycles. The molecule has 0 aliphatic carbocycles. The summed E-state index contributed by atoms with van der Waals surface area (Å²) in [7, 11) is 1.96. The Morgan fingerprint density at radius 3 is 2.79 bits per heavy atom. The molecule has 1 aromatic heterocycles. The second-order valence-electron chi connectivity index (χ2n) is 4.56. The van der Waals surface area contributed by atoms with Gasteiger partial charge in [-0.3, -0.25) is 4.79 Å². The maximum atomic E-state index is 12.2. The highest BCUT2D eigenvalue weighted by Gasteiger charge is 2.09. The number of rotatable bonds is 5. The zero-order valence-electron chi connectivity index (χ0n) is 11.1. The Labute approximate surface area is 113 Å². The summed E-state index contributed by atoms with van der Waals surface area (Å²) in [5.41, 5.74) is 8.36. The average molecular weight is 257 g/mol. The van der Waals surface area contributed by atoms with Crippen LogP contribution in [0.25, 0.3) is 0 Å². The van der Waals surface area contributed by atoms with Gasteiger partial charge in [0.05, 0.1) is 0 Å². The molecule has 19 heavy (non-hydrogen) atoms. The van der Waals surface area contributed by atoms with Crippen LogP contribution in [0.5, 0.6) is 0 Å². The van der Waals surface area contributed by atoms with E-state index in [2.05, 4.69) is 5.32 Å². The molecule has 100 valence electrons. The van der Waals surface area contributed by atoms with Gasteiger partial charge in [-0.25, -0.2) is 0 Å². The van der Waals surface area contributed by atoms with Gasteiger partial charge in [0.15, 0.2) is 0 Å². The predicted molar refractivity (Wildman–Crippen MR) is 75.8 cm³/mol. The summed E-state index contributed by atoms with van der Waals surface area (Å²) in [6.07, 6.45) is 4.67. The van der Waals surface area contributed by atoms with Gasteiger partial charge < -0.3 is 15.6 Å². The van der Waals surface area contributed by atoms with Gasteiger partial charge in [0.25, 0.3) is 5.91 Å². The van der Waals surface area contributed by atoms with Crippen molar-refractivity contribution in [1.82, 2.24) is 9.88 Å². The first-order valence-electron chi connectivity index (χ1n) is 6.37. The molecule has 0 fully saturated rings. The van der Waals surface area contributed by atoms with E-state index in [1.165, 1.54) is 0 Å². The zero-order chi connectivity index (χ0) is 13.7. The van der Waals surface area contributed by atoms with Gasteiger partial charge in [0.1, 0.15) is 0 Å². The minimum atomic E-state index is -0.0482. The summed E-state index contributed by atoms with van der Waals surface area (Å²) in [6.45, 7) is 1.08. The second-order valence-corrected chi connectivity index (χ2v) is 4.56. The van der Waals surface area contributed by atoms with Crippen molar-refractivity contribution < 1.29 is 4.79 Å². The highest BCUT2D eigenvalue weighted by Crippen LogP contribution is 2.09. The Morgan fingerprint density at radius 2 is 2.11 bits per heavy atom. The minimum absolute atomic E-state index is 0.0482.